The normalized spacial score (nSPS) is 14.2. The van der Waals surface area contributed by atoms with Crippen LogP contribution in [0.2, 0.25) is 5.02 Å². The molecule has 0 bridgehead atoms. The third-order valence-electron chi connectivity index (χ3n) is 4.60. The van der Waals surface area contributed by atoms with Crippen LogP contribution in [0.4, 0.5) is 0 Å². The number of benzene rings is 2. The number of hydrogen-bond acceptors (Lipinski definition) is 2. The van der Waals surface area contributed by atoms with E-state index in [1.807, 2.05) is 12.1 Å². The Kier molecular flexibility index (Phi) is 4.93. The van der Waals surface area contributed by atoms with Crippen LogP contribution < -0.4 is 5.32 Å². The van der Waals surface area contributed by atoms with Crippen LogP contribution in [0.5, 0.6) is 0 Å². The van der Waals surface area contributed by atoms with Crippen molar-refractivity contribution < 1.29 is 0 Å². The van der Waals surface area contributed by atoms with Gasteiger partial charge in [0.05, 0.1) is 12.2 Å². The second-order valence-corrected chi connectivity index (χ2v) is 7.67. The highest BCUT2D eigenvalue weighted by atomic mass is 79.9. The third kappa shape index (κ3) is 3.66. The minimum atomic E-state index is 0.755. The lowest BCUT2D eigenvalue weighted by molar-refractivity contribution is 0.628. The van der Waals surface area contributed by atoms with Gasteiger partial charge >= 0.3 is 0 Å². The molecule has 0 saturated carbocycles. The summed E-state index contributed by atoms with van der Waals surface area (Å²) in [6.07, 6.45) is 2.01. The summed E-state index contributed by atoms with van der Waals surface area (Å²) < 4.78 is 3.27. The maximum absolute atomic E-state index is 6.06. The quantitative estimate of drug-likeness (QED) is 0.670. The second kappa shape index (κ2) is 7.32. The lowest BCUT2D eigenvalue weighted by Gasteiger charge is -2.08. The first kappa shape index (κ1) is 16.8. The maximum atomic E-state index is 6.06. The summed E-state index contributed by atoms with van der Waals surface area (Å²) in [5.74, 6) is 0. The minimum Gasteiger partial charge on any atom is -0.316 e. The number of fused-ring (bicyclic) bond motifs is 1. The molecule has 1 aliphatic rings. The van der Waals surface area contributed by atoms with E-state index in [4.69, 9.17) is 16.7 Å². The molecule has 0 spiro atoms. The molecule has 1 aliphatic heterocycles. The molecule has 2 aromatic carbocycles. The molecule has 5 heteroatoms. The highest BCUT2D eigenvalue weighted by molar-refractivity contribution is 9.10. The fourth-order valence-electron chi connectivity index (χ4n) is 3.40. The first-order chi connectivity index (χ1) is 12.2. The number of nitrogens with zero attached hydrogens (tertiary/aromatic N) is 2. The first-order valence-corrected chi connectivity index (χ1v) is 9.67. The summed E-state index contributed by atoms with van der Waals surface area (Å²) in [7, 11) is 0. The van der Waals surface area contributed by atoms with E-state index >= 15 is 0 Å². The van der Waals surface area contributed by atoms with E-state index in [9.17, 15) is 0 Å². The van der Waals surface area contributed by atoms with Crippen molar-refractivity contribution in [1.82, 2.24) is 15.1 Å². The van der Waals surface area contributed by atoms with Gasteiger partial charge in [-0.2, -0.15) is 5.10 Å². The molecule has 1 N–H and O–H groups in total. The fourth-order valence-corrected chi connectivity index (χ4v) is 3.97. The molecule has 0 radical (unpaired) electrons. The van der Waals surface area contributed by atoms with Gasteiger partial charge < -0.3 is 5.32 Å². The van der Waals surface area contributed by atoms with E-state index < -0.39 is 0 Å². The summed E-state index contributed by atoms with van der Waals surface area (Å²) in [4.78, 5) is 0. The fraction of sp³-hybridized carbons (Fsp3) is 0.250. The molecule has 4 rings (SSSR count). The Hall–Kier alpha value is -1.62. The first-order valence-electron chi connectivity index (χ1n) is 8.50. The molecule has 3 nitrogen and oxygen atoms in total. The van der Waals surface area contributed by atoms with Crippen molar-refractivity contribution in [3.05, 3.63) is 74.8 Å². The predicted octanol–water partition coefficient (Wildman–Crippen LogP) is 4.70. The molecule has 0 fully saturated rings. The number of halogens is 2. The highest BCUT2D eigenvalue weighted by Gasteiger charge is 2.20. The van der Waals surface area contributed by atoms with Crippen LogP contribution in [-0.2, 0) is 19.4 Å². The highest BCUT2D eigenvalue weighted by Crippen LogP contribution is 2.29. The molecule has 0 amide bonds. The van der Waals surface area contributed by atoms with E-state index in [0.29, 0.717) is 0 Å². The third-order valence-corrected chi connectivity index (χ3v) is 5.34. The lowest BCUT2D eigenvalue weighted by Crippen LogP contribution is -2.17. The van der Waals surface area contributed by atoms with Crippen molar-refractivity contribution in [3.8, 4) is 11.3 Å². The molecule has 2 heterocycles. The smallest absolute Gasteiger partial charge is 0.0958 e. The maximum Gasteiger partial charge on any atom is 0.0958 e. The van der Waals surface area contributed by atoms with Crippen molar-refractivity contribution >= 4 is 27.5 Å². The topological polar surface area (TPSA) is 29.9 Å². The van der Waals surface area contributed by atoms with E-state index in [1.165, 1.54) is 16.8 Å². The van der Waals surface area contributed by atoms with Crippen LogP contribution >= 0.6 is 27.5 Å². The minimum absolute atomic E-state index is 0.755. The van der Waals surface area contributed by atoms with Crippen molar-refractivity contribution in [3.63, 3.8) is 0 Å². The zero-order chi connectivity index (χ0) is 17.2. The molecular weight excluding hydrogens is 398 g/mol. The van der Waals surface area contributed by atoms with Crippen LogP contribution in [0.15, 0.2) is 53.0 Å². The van der Waals surface area contributed by atoms with Gasteiger partial charge in [0.15, 0.2) is 0 Å². The van der Waals surface area contributed by atoms with E-state index in [-0.39, 0.29) is 0 Å². The van der Waals surface area contributed by atoms with Gasteiger partial charge in [0.2, 0.25) is 0 Å². The van der Waals surface area contributed by atoms with Crippen molar-refractivity contribution in [2.24, 2.45) is 0 Å². The van der Waals surface area contributed by atoms with E-state index in [2.05, 4.69) is 62.3 Å². The largest absolute Gasteiger partial charge is 0.316 e. The Bertz CT molecular complexity index is 886. The zero-order valence-corrected chi connectivity index (χ0v) is 16.1. The van der Waals surface area contributed by atoms with Gasteiger partial charge in [0.25, 0.3) is 0 Å². The Morgan fingerprint density at radius 1 is 1.08 bits per heavy atom. The molecule has 128 valence electrons. The summed E-state index contributed by atoms with van der Waals surface area (Å²) >= 11 is 9.62. The average molecular weight is 417 g/mol. The summed E-state index contributed by atoms with van der Waals surface area (Å²) in [6, 6.07) is 16.4. The molecule has 3 aromatic rings. The van der Waals surface area contributed by atoms with Crippen LogP contribution in [-0.4, -0.2) is 22.9 Å². The van der Waals surface area contributed by atoms with Gasteiger partial charge in [0.1, 0.15) is 0 Å². The molecule has 0 saturated heterocycles. The number of rotatable bonds is 3. The molecule has 0 atom stereocenters. The van der Waals surface area contributed by atoms with Crippen molar-refractivity contribution in [2.75, 3.05) is 13.1 Å². The monoisotopic (exact) mass is 415 g/mol. The average Bonchev–Trinajstić information content (AvgIpc) is 2.79. The van der Waals surface area contributed by atoms with Gasteiger partial charge in [-0.25, -0.2) is 0 Å². The molecule has 0 unspecified atom stereocenters. The Balaban J connectivity index is 1.77. The van der Waals surface area contributed by atoms with Gasteiger partial charge in [-0.05, 0) is 42.8 Å². The predicted molar refractivity (Wildman–Crippen MR) is 106 cm³/mol. The van der Waals surface area contributed by atoms with E-state index in [0.717, 1.165) is 53.2 Å². The second-order valence-electron chi connectivity index (χ2n) is 6.32. The Morgan fingerprint density at radius 3 is 2.68 bits per heavy atom. The lowest BCUT2D eigenvalue weighted by atomic mass is 10.0. The molecular formula is C20H19BrClN3. The summed E-state index contributed by atoms with van der Waals surface area (Å²) in [5.41, 5.74) is 6.18. The molecule has 1 aromatic heterocycles. The number of aromatic nitrogens is 2. The zero-order valence-electron chi connectivity index (χ0n) is 13.8. The SMILES string of the molecule is Clc1ccc(-c2nn(Cc3cccc(Br)c3)c3c2CCNCC3)cc1. The molecule has 0 aliphatic carbocycles. The van der Waals surface area contributed by atoms with Crippen LogP contribution in [0.25, 0.3) is 11.3 Å². The van der Waals surface area contributed by atoms with E-state index in [1.54, 1.807) is 0 Å². The van der Waals surface area contributed by atoms with Crippen molar-refractivity contribution in [1.29, 1.82) is 0 Å². The van der Waals surface area contributed by atoms with Crippen LogP contribution in [0, 0.1) is 0 Å². The van der Waals surface area contributed by atoms with Crippen LogP contribution in [0.3, 0.4) is 0 Å². The van der Waals surface area contributed by atoms with Gasteiger partial charge in [-0.1, -0.05) is 51.8 Å². The summed E-state index contributed by atoms with van der Waals surface area (Å²) in [6.45, 7) is 2.78. The Labute approximate surface area is 161 Å². The standard InChI is InChI=1S/C20H19BrClN3/c21-16-3-1-2-14(12-16)13-25-19-9-11-23-10-8-18(19)20(24-25)15-4-6-17(22)7-5-15/h1-7,12,23H,8-11,13H2. The van der Waals surface area contributed by atoms with Crippen molar-refractivity contribution in [2.45, 2.75) is 19.4 Å². The summed E-state index contributed by atoms with van der Waals surface area (Å²) in [5, 5.41) is 9.24. The number of hydrogen-bond donors (Lipinski definition) is 1. The van der Waals surface area contributed by atoms with Gasteiger partial charge in [-0.15, -0.1) is 0 Å². The van der Waals surface area contributed by atoms with Crippen LogP contribution in [0.1, 0.15) is 16.8 Å². The number of nitrogens with one attached hydrogen (secondary N) is 1. The van der Waals surface area contributed by atoms with Gasteiger partial charge in [0, 0.05) is 39.3 Å². The van der Waals surface area contributed by atoms with Gasteiger partial charge in [-0.3, -0.25) is 4.68 Å². The Morgan fingerprint density at radius 2 is 1.88 bits per heavy atom. The molecule has 25 heavy (non-hydrogen) atoms.